The fourth-order valence-electron chi connectivity index (χ4n) is 2.15. The molecule has 0 spiro atoms. The first-order valence-electron chi connectivity index (χ1n) is 6.14. The molecular weight excluding hydrogens is 292 g/mol. The minimum absolute atomic E-state index is 0.143. The molecule has 0 aliphatic rings. The number of rotatable bonds is 3. The second-order valence-corrected chi connectivity index (χ2v) is 6.19. The van der Waals surface area contributed by atoms with E-state index in [0.29, 0.717) is 5.82 Å². The Labute approximate surface area is 125 Å². The minimum atomic E-state index is 0.143. The molecule has 2 N–H and O–H groups in total. The van der Waals surface area contributed by atoms with Gasteiger partial charge in [-0.25, -0.2) is 9.97 Å². The van der Waals surface area contributed by atoms with E-state index in [2.05, 4.69) is 21.5 Å². The first-order chi connectivity index (χ1) is 9.66. The van der Waals surface area contributed by atoms with Crippen LogP contribution in [0, 0.1) is 0 Å². The predicted octanol–water partition coefficient (Wildman–Crippen LogP) is 3.85. The van der Waals surface area contributed by atoms with Gasteiger partial charge in [-0.05, 0) is 31.2 Å². The molecule has 0 bridgehead atoms. The molecule has 1 atom stereocenters. The van der Waals surface area contributed by atoms with Gasteiger partial charge in [-0.3, -0.25) is 0 Å². The molecule has 0 aliphatic carbocycles. The van der Waals surface area contributed by atoms with Gasteiger partial charge in [0.1, 0.15) is 5.82 Å². The number of hydrogen-bond acceptors (Lipinski definition) is 4. The summed E-state index contributed by atoms with van der Waals surface area (Å²) in [6.07, 6.45) is 5.29. The number of anilines is 1. The van der Waals surface area contributed by atoms with Crippen molar-refractivity contribution in [3.63, 3.8) is 0 Å². The Morgan fingerprint density at radius 3 is 2.90 bits per heavy atom. The van der Waals surface area contributed by atoms with Crippen molar-refractivity contribution in [2.75, 3.05) is 5.73 Å². The number of nitrogens with zero attached hydrogens (tertiary/aromatic N) is 3. The molecule has 6 heteroatoms. The van der Waals surface area contributed by atoms with Crippen LogP contribution in [0.25, 0.3) is 11.3 Å². The van der Waals surface area contributed by atoms with E-state index in [0.717, 1.165) is 15.6 Å². The summed E-state index contributed by atoms with van der Waals surface area (Å²) in [6, 6.07) is 7.91. The third-order valence-corrected chi connectivity index (χ3v) is 4.60. The fraction of sp³-hybridized carbons (Fsp3) is 0.143. The number of hydrogen-bond donors (Lipinski definition) is 1. The van der Waals surface area contributed by atoms with Crippen molar-refractivity contribution >= 4 is 28.8 Å². The van der Waals surface area contributed by atoms with Gasteiger partial charge in [0, 0.05) is 16.6 Å². The summed E-state index contributed by atoms with van der Waals surface area (Å²) in [7, 11) is 0. The van der Waals surface area contributed by atoms with Crippen molar-refractivity contribution in [3.05, 3.63) is 52.2 Å². The normalized spacial score (nSPS) is 12.5. The third-order valence-electron chi connectivity index (χ3n) is 3.20. The van der Waals surface area contributed by atoms with E-state index in [1.54, 1.807) is 30.1 Å². The van der Waals surface area contributed by atoms with Crippen LogP contribution in [0.2, 0.25) is 4.34 Å². The van der Waals surface area contributed by atoms with E-state index < -0.39 is 0 Å². The Hall–Kier alpha value is -1.85. The zero-order valence-corrected chi connectivity index (χ0v) is 12.4. The molecule has 0 saturated carbocycles. The first-order valence-corrected chi connectivity index (χ1v) is 7.34. The average molecular weight is 305 g/mol. The van der Waals surface area contributed by atoms with Crippen molar-refractivity contribution in [3.8, 4) is 11.3 Å². The topological polar surface area (TPSA) is 56.7 Å². The number of imidazole rings is 1. The highest BCUT2D eigenvalue weighted by Gasteiger charge is 2.16. The number of nitrogen functional groups attached to an aromatic ring is 1. The molecule has 0 aromatic carbocycles. The highest BCUT2D eigenvalue weighted by Crippen LogP contribution is 2.33. The van der Waals surface area contributed by atoms with Crippen LogP contribution in [-0.4, -0.2) is 14.5 Å². The van der Waals surface area contributed by atoms with Crippen LogP contribution in [0.1, 0.15) is 17.8 Å². The van der Waals surface area contributed by atoms with Gasteiger partial charge in [0.15, 0.2) is 0 Å². The standard InChI is InChI=1S/C14H13ClN4S/c1-9(12-4-5-13(15)20-12)19-8-17-7-11(19)10-3-2-6-18-14(10)16/h2-9H,1H3,(H2,16,18). The first kappa shape index (κ1) is 13.1. The fourth-order valence-corrected chi connectivity index (χ4v) is 3.26. The molecule has 0 fully saturated rings. The van der Waals surface area contributed by atoms with Crippen LogP contribution >= 0.6 is 22.9 Å². The Morgan fingerprint density at radius 1 is 1.35 bits per heavy atom. The average Bonchev–Trinajstić information content (AvgIpc) is 3.07. The maximum Gasteiger partial charge on any atom is 0.132 e. The summed E-state index contributed by atoms with van der Waals surface area (Å²) in [5, 5.41) is 0. The number of halogens is 1. The van der Waals surface area contributed by atoms with Crippen LogP contribution in [-0.2, 0) is 0 Å². The van der Waals surface area contributed by atoms with E-state index in [1.165, 1.54) is 4.88 Å². The van der Waals surface area contributed by atoms with Gasteiger partial charge in [0.05, 0.1) is 28.6 Å². The lowest BCUT2D eigenvalue weighted by atomic mass is 10.1. The van der Waals surface area contributed by atoms with Crippen molar-refractivity contribution in [1.82, 2.24) is 14.5 Å². The van der Waals surface area contributed by atoms with Crippen molar-refractivity contribution in [2.24, 2.45) is 0 Å². The molecule has 102 valence electrons. The third kappa shape index (κ3) is 2.30. The molecule has 0 aliphatic heterocycles. The molecule has 0 radical (unpaired) electrons. The van der Waals surface area contributed by atoms with Crippen molar-refractivity contribution in [2.45, 2.75) is 13.0 Å². The van der Waals surface area contributed by atoms with Gasteiger partial charge in [-0.15, -0.1) is 11.3 Å². The molecule has 3 heterocycles. The number of nitrogens with two attached hydrogens (primary N) is 1. The molecule has 0 amide bonds. The summed E-state index contributed by atoms with van der Waals surface area (Å²) in [5.74, 6) is 0.505. The molecule has 3 rings (SSSR count). The SMILES string of the molecule is CC(c1ccc(Cl)s1)n1cncc1-c1cccnc1N. The molecular formula is C14H13ClN4S. The quantitative estimate of drug-likeness (QED) is 0.799. The van der Waals surface area contributed by atoms with Gasteiger partial charge in [0.2, 0.25) is 0 Å². The lowest BCUT2D eigenvalue weighted by Crippen LogP contribution is -2.06. The van der Waals surface area contributed by atoms with Gasteiger partial charge in [0.25, 0.3) is 0 Å². The molecule has 3 aromatic rings. The van der Waals surface area contributed by atoms with E-state index in [1.807, 2.05) is 24.3 Å². The zero-order chi connectivity index (χ0) is 14.1. The second-order valence-electron chi connectivity index (χ2n) is 4.44. The summed E-state index contributed by atoms with van der Waals surface area (Å²) in [4.78, 5) is 9.55. The molecule has 20 heavy (non-hydrogen) atoms. The van der Waals surface area contributed by atoms with E-state index in [-0.39, 0.29) is 6.04 Å². The highest BCUT2D eigenvalue weighted by molar-refractivity contribution is 7.16. The maximum atomic E-state index is 6.01. The Morgan fingerprint density at radius 2 is 2.20 bits per heavy atom. The molecule has 3 aromatic heterocycles. The van der Waals surface area contributed by atoms with E-state index >= 15 is 0 Å². The van der Waals surface area contributed by atoms with E-state index in [4.69, 9.17) is 17.3 Å². The smallest absolute Gasteiger partial charge is 0.132 e. The van der Waals surface area contributed by atoms with Gasteiger partial charge in [-0.1, -0.05) is 11.6 Å². The number of aromatic nitrogens is 3. The van der Waals surface area contributed by atoms with Gasteiger partial charge in [-0.2, -0.15) is 0 Å². The monoisotopic (exact) mass is 304 g/mol. The Bertz CT molecular complexity index is 734. The number of pyridine rings is 1. The summed E-state index contributed by atoms with van der Waals surface area (Å²) < 4.78 is 2.87. The number of thiophene rings is 1. The Balaban J connectivity index is 2.05. The van der Waals surface area contributed by atoms with Gasteiger partial charge >= 0.3 is 0 Å². The lowest BCUT2D eigenvalue weighted by Gasteiger charge is -2.15. The second kappa shape index (κ2) is 5.26. The highest BCUT2D eigenvalue weighted by atomic mass is 35.5. The predicted molar refractivity (Wildman–Crippen MR) is 83.0 cm³/mol. The largest absolute Gasteiger partial charge is 0.383 e. The Kier molecular flexibility index (Phi) is 3.46. The van der Waals surface area contributed by atoms with Crippen LogP contribution in [0.5, 0.6) is 0 Å². The summed E-state index contributed by atoms with van der Waals surface area (Å²) in [5.41, 5.74) is 7.79. The maximum absolute atomic E-state index is 6.01. The van der Waals surface area contributed by atoms with Gasteiger partial charge < -0.3 is 10.3 Å². The molecule has 1 unspecified atom stereocenters. The molecule has 4 nitrogen and oxygen atoms in total. The zero-order valence-electron chi connectivity index (χ0n) is 10.8. The van der Waals surface area contributed by atoms with E-state index in [9.17, 15) is 0 Å². The summed E-state index contributed by atoms with van der Waals surface area (Å²) in [6.45, 7) is 2.11. The van der Waals surface area contributed by atoms with Crippen LogP contribution in [0.15, 0.2) is 43.0 Å². The van der Waals surface area contributed by atoms with Crippen LogP contribution < -0.4 is 5.73 Å². The minimum Gasteiger partial charge on any atom is -0.383 e. The van der Waals surface area contributed by atoms with Crippen LogP contribution in [0.3, 0.4) is 0 Å². The van der Waals surface area contributed by atoms with Crippen molar-refractivity contribution < 1.29 is 0 Å². The van der Waals surface area contributed by atoms with Crippen molar-refractivity contribution in [1.29, 1.82) is 0 Å². The summed E-state index contributed by atoms with van der Waals surface area (Å²) >= 11 is 7.58. The lowest BCUT2D eigenvalue weighted by molar-refractivity contribution is 0.656. The molecule has 0 saturated heterocycles. The van der Waals surface area contributed by atoms with Crippen LogP contribution in [0.4, 0.5) is 5.82 Å².